The van der Waals surface area contributed by atoms with Crippen molar-refractivity contribution in [3.05, 3.63) is 62.6 Å². The Kier molecular flexibility index (Phi) is 5.00. The molecule has 2 heterocycles. The highest BCUT2D eigenvalue weighted by atomic mass is 35.5. The molecule has 1 aromatic carbocycles. The summed E-state index contributed by atoms with van der Waals surface area (Å²) in [5.74, 6) is -0.372. The van der Waals surface area contributed by atoms with E-state index in [4.69, 9.17) is 11.6 Å². The average molecular weight is 381 g/mol. The van der Waals surface area contributed by atoms with Crippen molar-refractivity contribution in [2.45, 2.75) is 6.54 Å². The zero-order valence-corrected chi connectivity index (χ0v) is 14.8. The van der Waals surface area contributed by atoms with Gasteiger partial charge in [0.25, 0.3) is 5.91 Å². The Balaban J connectivity index is 1.67. The van der Waals surface area contributed by atoms with Gasteiger partial charge in [-0.3, -0.25) is 9.36 Å². The van der Waals surface area contributed by atoms with Crippen LogP contribution >= 0.6 is 22.9 Å². The maximum absolute atomic E-state index is 13.0. The van der Waals surface area contributed by atoms with E-state index < -0.39 is 11.7 Å². The highest BCUT2D eigenvalue weighted by molar-refractivity contribution is 7.13. The quantitative estimate of drug-likeness (QED) is 0.739. The van der Waals surface area contributed by atoms with Crippen LogP contribution in [0.3, 0.4) is 0 Å². The van der Waals surface area contributed by atoms with Gasteiger partial charge in [-0.25, -0.2) is 13.9 Å². The lowest BCUT2D eigenvalue weighted by Crippen LogP contribution is -2.31. The van der Waals surface area contributed by atoms with E-state index in [9.17, 15) is 14.0 Å². The van der Waals surface area contributed by atoms with Gasteiger partial charge in [-0.05, 0) is 29.6 Å². The van der Waals surface area contributed by atoms with Gasteiger partial charge in [0.1, 0.15) is 5.82 Å². The van der Waals surface area contributed by atoms with E-state index in [0.29, 0.717) is 5.82 Å². The van der Waals surface area contributed by atoms with Crippen LogP contribution in [0.25, 0.3) is 10.7 Å². The zero-order valence-electron chi connectivity index (χ0n) is 13.2. The number of thiophene rings is 1. The monoisotopic (exact) mass is 380 g/mol. The molecule has 0 atom stereocenters. The second kappa shape index (κ2) is 7.20. The number of carbonyl (C=O) groups excluding carboxylic acids is 1. The molecule has 6 nitrogen and oxygen atoms in total. The number of halogens is 2. The Morgan fingerprint density at radius 1 is 1.40 bits per heavy atom. The number of amides is 1. The predicted molar refractivity (Wildman–Crippen MR) is 94.5 cm³/mol. The van der Waals surface area contributed by atoms with Gasteiger partial charge in [0.2, 0.25) is 0 Å². The molecule has 130 valence electrons. The summed E-state index contributed by atoms with van der Waals surface area (Å²) in [5, 5.41) is 8.89. The number of carbonyl (C=O) groups is 1. The second-order valence-corrected chi connectivity index (χ2v) is 6.60. The van der Waals surface area contributed by atoms with Crippen molar-refractivity contribution in [3.8, 4) is 10.7 Å². The van der Waals surface area contributed by atoms with Gasteiger partial charge in [-0.2, -0.15) is 0 Å². The van der Waals surface area contributed by atoms with E-state index in [-0.39, 0.29) is 29.4 Å². The molecule has 0 aliphatic heterocycles. The number of nitrogens with one attached hydrogen (secondary N) is 1. The first-order valence-electron chi connectivity index (χ1n) is 7.38. The Morgan fingerprint density at radius 3 is 2.88 bits per heavy atom. The van der Waals surface area contributed by atoms with Gasteiger partial charge in [0.15, 0.2) is 5.82 Å². The van der Waals surface area contributed by atoms with Crippen molar-refractivity contribution in [3.63, 3.8) is 0 Å². The minimum Gasteiger partial charge on any atom is -0.350 e. The molecule has 0 bridgehead atoms. The van der Waals surface area contributed by atoms with Crippen LogP contribution in [0.4, 0.5) is 4.39 Å². The van der Waals surface area contributed by atoms with Gasteiger partial charge < -0.3 is 5.32 Å². The van der Waals surface area contributed by atoms with Crippen LogP contribution in [0.15, 0.2) is 40.5 Å². The lowest BCUT2D eigenvalue weighted by atomic mass is 10.2. The fourth-order valence-electron chi connectivity index (χ4n) is 2.30. The van der Waals surface area contributed by atoms with Crippen molar-refractivity contribution >= 4 is 28.8 Å². The summed E-state index contributed by atoms with van der Waals surface area (Å²) in [7, 11) is 1.65. The summed E-state index contributed by atoms with van der Waals surface area (Å²) in [6.45, 7) is 0.399. The van der Waals surface area contributed by atoms with Gasteiger partial charge in [-0.15, -0.1) is 16.4 Å². The lowest BCUT2D eigenvalue weighted by molar-refractivity contribution is 0.0952. The molecule has 0 unspecified atom stereocenters. The number of benzene rings is 1. The largest absolute Gasteiger partial charge is 0.350 e. The molecule has 0 spiro atoms. The first kappa shape index (κ1) is 17.4. The van der Waals surface area contributed by atoms with Gasteiger partial charge >= 0.3 is 5.69 Å². The fraction of sp³-hybridized carbons (Fsp3) is 0.188. The summed E-state index contributed by atoms with van der Waals surface area (Å²) < 4.78 is 15.8. The molecule has 0 saturated heterocycles. The standard InChI is InChI=1S/C16H14ClFN4O2S/c1-21-14(13-3-2-8-25-13)20-22(16(21)24)7-6-19-15(23)11-5-4-10(18)9-12(11)17/h2-5,8-9H,6-7H2,1H3,(H,19,23). The molecule has 2 aromatic heterocycles. The summed E-state index contributed by atoms with van der Waals surface area (Å²) in [6, 6.07) is 7.32. The smallest absolute Gasteiger partial charge is 0.346 e. The summed E-state index contributed by atoms with van der Waals surface area (Å²) >= 11 is 7.35. The van der Waals surface area contributed by atoms with Gasteiger partial charge in [0.05, 0.1) is 22.0 Å². The third-order valence-corrected chi connectivity index (χ3v) is 4.75. The van der Waals surface area contributed by atoms with Crippen LogP contribution in [0.5, 0.6) is 0 Å². The lowest BCUT2D eigenvalue weighted by Gasteiger charge is -2.06. The molecule has 0 aliphatic carbocycles. The Bertz CT molecular complexity index is 965. The van der Waals surface area contributed by atoms with Crippen LogP contribution in [-0.4, -0.2) is 26.8 Å². The Morgan fingerprint density at radius 2 is 2.20 bits per heavy atom. The molecule has 3 aromatic rings. The molecule has 0 aliphatic rings. The maximum Gasteiger partial charge on any atom is 0.346 e. The SMILES string of the molecule is Cn1c(-c2cccs2)nn(CCNC(=O)c2ccc(F)cc2Cl)c1=O. The summed E-state index contributed by atoms with van der Waals surface area (Å²) in [5.41, 5.74) is -0.0897. The molecule has 25 heavy (non-hydrogen) atoms. The third-order valence-electron chi connectivity index (χ3n) is 3.57. The van der Waals surface area contributed by atoms with Crippen LogP contribution in [0.1, 0.15) is 10.4 Å². The molecule has 1 N–H and O–H groups in total. The van der Waals surface area contributed by atoms with Gasteiger partial charge in [0, 0.05) is 13.6 Å². The number of rotatable bonds is 5. The van der Waals surface area contributed by atoms with Gasteiger partial charge in [-0.1, -0.05) is 17.7 Å². The maximum atomic E-state index is 13.0. The molecule has 9 heteroatoms. The van der Waals surface area contributed by atoms with Crippen LogP contribution < -0.4 is 11.0 Å². The highest BCUT2D eigenvalue weighted by Crippen LogP contribution is 2.20. The number of hydrogen-bond donors (Lipinski definition) is 1. The van der Waals surface area contributed by atoms with E-state index in [1.54, 1.807) is 7.05 Å². The Hall–Kier alpha value is -2.45. The topological polar surface area (TPSA) is 68.9 Å². The van der Waals surface area contributed by atoms with E-state index in [2.05, 4.69) is 10.4 Å². The van der Waals surface area contributed by atoms with E-state index in [0.717, 1.165) is 17.0 Å². The van der Waals surface area contributed by atoms with Crippen molar-refractivity contribution in [1.29, 1.82) is 0 Å². The highest BCUT2D eigenvalue weighted by Gasteiger charge is 2.14. The van der Waals surface area contributed by atoms with E-state index in [1.807, 2.05) is 17.5 Å². The molecule has 0 fully saturated rings. The number of aromatic nitrogens is 3. The Labute approximate surface area is 151 Å². The first-order valence-corrected chi connectivity index (χ1v) is 8.64. The van der Waals surface area contributed by atoms with Crippen LogP contribution in [-0.2, 0) is 13.6 Å². The summed E-state index contributed by atoms with van der Waals surface area (Å²) in [4.78, 5) is 25.2. The first-order chi connectivity index (χ1) is 12.0. The minimum atomic E-state index is -0.511. The van der Waals surface area contributed by atoms with Crippen molar-refractivity contribution in [1.82, 2.24) is 19.7 Å². The second-order valence-electron chi connectivity index (χ2n) is 5.25. The van der Waals surface area contributed by atoms with E-state index in [1.165, 1.54) is 26.7 Å². The molecular formula is C16H14ClFN4O2S. The fourth-order valence-corrected chi connectivity index (χ4v) is 3.30. The van der Waals surface area contributed by atoms with E-state index >= 15 is 0 Å². The molecular weight excluding hydrogens is 367 g/mol. The molecule has 0 saturated carbocycles. The normalized spacial score (nSPS) is 10.8. The van der Waals surface area contributed by atoms with Crippen LogP contribution in [0, 0.1) is 5.82 Å². The van der Waals surface area contributed by atoms with Crippen molar-refractivity contribution in [2.24, 2.45) is 7.05 Å². The molecule has 0 radical (unpaired) electrons. The predicted octanol–water partition coefficient (Wildman–Crippen LogP) is 2.53. The van der Waals surface area contributed by atoms with Crippen molar-refractivity contribution < 1.29 is 9.18 Å². The molecule has 3 rings (SSSR count). The van der Waals surface area contributed by atoms with Crippen molar-refractivity contribution in [2.75, 3.05) is 6.54 Å². The number of hydrogen-bond acceptors (Lipinski definition) is 4. The zero-order chi connectivity index (χ0) is 18.0. The summed E-state index contributed by atoms with van der Waals surface area (Å²) in [6.07, 6.45) is 0. The number of nitrogens with zero attached hydrogens (tertiary/aromatic N) is 3. The third kappa shape index (κ3) is 3.64. The van der Waals surface area contributed by atoms with Crippen LogP contribution in [0.2, 0.25) is 5.02 Å². The average Bonchev–Trinajstić information content (AvgIpc) is 3.18. The molecule has 1 amide bonds. The minimum absolute atomic E-state index is 0.0347.